The van der Waals surface area contributed by atoms with E-state index in [1.165, 1.54) is 26.0 Å². The molecule has 0 rings (SSSR count). The molecule has 0 radical (unpaired) electrons. The number of carbonyl (C=O) groups excluding carboxylic acids is 2. The molecule has 0 atom stereocenters. The van der Waals surface area contributed by atoms with Crippen LogP contribution in [0.15, 0.2) is 0 Å². The molecule has 2 N–H and O–H groups in total. The van der Waals surface area contributed by atoms with E-state index in [1.54, 1.807) is 6.26 Å². The Bertz CT molecular complexity index is 169. The summed E-state index contributed by atoms with van der Waals surface area (Å²) in [7, 11) is 2.48. The Morgan fingerprint density at radius 1 is 1.15 bits per heavy atom. The Kier molecular flexibility index (Phi) is 5.86. The van der Waals surface area contributed by atoms with Crippen LogP contribution in [0, 0.1) is 0 Å². The number of methoxy groups -OCH3 is 2. The quantitative estimate of drug-likeness (QED) is 0.654. The van der Waals surface area contributed by atoms with E-state index in [0.717, 1.165) is 0 Å². The summed E-state index contributed by atoms with van der Waals surface area (Å²) in [4.78, 5) is 21.4. The maximum absolute atomic E-state index is 10.7. The molecule has 0 fully saturated rings. The van der Waals surface area contributed by atoms with Gasteiger partial charge in [-0.2, -0.15) is 0 Å². The molecule has 0 heterocycles. The summed E-state index contributed by atoms with van der Waals surface area (Å²) >= 11 is 1.23. The molecule has 2 amide bonds. The average Bonchev–Trinajstić information content (AvgIpc) is 2.16. The first-order valence-electron chi connectivity index (χ1n) is 3.35. The highest BCUT2D eigenvalue weighted by molar-refractivity contribution is 7.99. The maximum Gasteiger partial charge on any atom is 0.409 e. The van der Waals surface area contributed by atoms with Crippen molar-refractivity contribution in [2.45, 2.75) is 5.50 Å². The zero-order valence-corrected chi connectivity index (χ0v) is 8.44. The summed E-state index contributed by atoms with van der Waals surface area (Å²) in [5.74, 6) is 0. The van der Waals surface area contributed by atoms with Gasteiger partial charge >= 0.3 is 12.2 Å². The molecule has 0 saturated carbocycles. The van der Waals surface area contributed by atoms with Crippen molar-refractivity contribution in [3.05, 3.63) is 0 Å². The second kappa shape index (κ2) is 6.41. The zero-order chi connectivity index (χ0) is 10.3. The highest BCUT2D eigenvalue weighted by Gasteiger charge is 2.13. The third-order valence-electron chi connectivity index (χ3n) is 1.10. The van der Waals surface area contributed by atoms with E-state index in [1.807, 2.05) is 0 Å². The van der Waals surface area contributed by atoms with Gasteiger partial charge in [-0.05, 0) is 6.26 Å². The topological polar surface area (TPSA) is 76.7 Å². The third-order valence-corrected chi connectivity index (χ3v) is 1.81. The SMILES string of the molecule is COC(=O)NC(NC(=O)OC)SC. The minimum absolute atomic E-state index is 0.556. The van der Waals surface area contributed by atoms with Crippen molar-refractivity contribution < 1.29 is 19.1 Å². The van der Waals surface area contributed by atoms with E-state index in [0.29, 0.717) is 0 Å². The molecule has 0 unspecified atom stereocenters. The summed E-state index contributed by atoms with van der Waals surface area (Å²) < 4.78 is 8.68. The van der Waals surface area contributed by atoms with Gasteiger partial charge in [0.05, 0.1) is 14.2 Å². The van der Waals surface area contributed by atoms with Crippen LogP contribution in [0.5, 0.6) is 0 Å². The highest BCUT2D eigenvalue weighted by Crippen LogP contribution is 1.99. The lowest BCUT2D eigenvalue weighted by atomic mass is 10.9. The van der Waals surface area contributed by atoms with Gasteiger partial charge in [0.25, 0.3) is 0 Å². The van der Waals surface area contributed by atoms with Crippen molar-refractivity contribution in [3.63, 3.8) is 0 Å². The Hall–Kier alpha value is -1.11. The third kappa shape index (κ3) is 5.18. The van der Waals surface area contributed by atoms with E-state index in [9.17, 15) is 9.59 Å². The summed E-state index contributed by atoms with van der Waals surface area (Å²) in [6, 6.07) is 0. The molecule has 6 nitrogen and oxygen atoms in total. The highest BCUT2D eigenvalue weighted by atomic mass is 32.2. The van der Waals surface area contributed by atoms with Gasteiger partial charge in [0.1, 0.15) is 0 Å². The summed E-state index contributed by atoms with van der Waals surface area (Å²) in [5.41, 5.74) is -0.556. The normalized spacial score (nSPS) is 9.23. The number of ether oxygens (including phenoxy) is 2. The summed E-state index contributed by atoms with van der Waals surface area (Å²) in [5, 5.41) is 4.74. The molecule has 7 heteroatoms. The van der Waals surface area contributed by atoms with E-state index in [2.05, 4.69) is 20.1 Å². The number of amides is 2. The molecular weight excluding hydrogens is 196 g/mol. The van der Waals surface area contributed by atoms with Crippen LogP contribution >= 0.6 is 11.8 Å². The second-order valence-electron chi connectivity index (χ2n) is 1.89. The first-order chi connectivity index (χ1) is 6.13. The fourth-order valence-electron chi connectivity index (χ4n) is 0.486. The smallest absolute Gasteiger partial charge is 0.409 e. The van der Waals surface area contributed by atoms with E-state index >= 15 is 0 Å². The second-order valence-corrected chi connectivity index (χ2v) is 2.83. The first-order valence-corrected chi connectivity index (χ1v) is 4.64. The molecule has 0 aliphatic carbocycles. The molecular formula is C6H12N2O4S. The molecule has 0 saturated heterocycles. The van der Waals surface area contributed by atoms with Crippen molar-refractivity contribution in [3.8, 4) is 0 Å². The van der Waals surface area contributed by atoms with Crippen LogP contribution < -0.4 is 10.6 Å². The van der Waals surface area contributed by atoms with Crippen LogP contribution in [0.3, 0.4) is 0 Å². The number of thioether (sulfide) groups is 1. The minimum Gasteiger partial charge on any atom is -0.453 e. The predicted octanol–water partition coefficient (Wildman–Crippen LogP) is 0.345. The Morgan fingerprint density at radius 2 is 1.54 bits per heavy atom. The van der Waals surface area contributed by atoms with Crippen LogP contribution in [-0.4, -0.2) is 38.2 Å². The molecule has 0 aliphatic rings. The monoisotopic (exact) mass is 208 g/mol. The van der Waals surface area contributed by atoms with Crippen LogP contribution in [0.25, 0.3) is 0 Å². The van der Waals surface area contributed by atoms with Crippen LogP contribution in [0.4, 0.5) is 9.59 Å². The van der Waals surface area contributed by atoms with Crippen molar-refractivity contribution in [2.24, 2.45) is 0 Å². The first kappa shape index (κ1) is 11.9. The summed E-state index contributed by atoms with van der Waals surface area (Å²) in [6.45, 7) is 0. The van der Waals surface area contributed by atoms with Gasteiger partial charge in [0.2, 0.25) is 0 Å². The number of hydrogen-bond acceptors (Lipinski definition) is 5. The fourth-order valence-corrected chi connectivity index (χ4v) is 0.914. The van der Waals surface area contributed by atoms with E-state index in [-0.39, 0.29) is 0 Å². The molecule has 0 aromatic carbocycles. The van der Waals surface area contributed by atoms with Crippen molar-refractivity contribution in [1.82, 2.24) is 10.6 Å². The largest absolute Gasteiger partial charge is 0.453 e. The van der Waals surface area contributed by atoms with Crippen molar-refractivity contribution in [2.75, 3.05) is 20.5 Å². The lowest BCUT2D eigenvalue weighted by Crippen LogP contribution is -2.45. The lowest BCUT2D eigenvalue weighted by molar-refractivity contribution is 0.160. The number of carbonyl (C=O) groups is 2. The standard InChI is InChI=1S/C6H12N2O4S/c1-11-5(9)7-4(13-3)8-6(10)12-2/h4H,1-3H3,(H,7,9)(H,8,10). The number of hydrogen-bond donors (Lipinski definition) is 2. The van der Waals surface area contributed by atoms with Crippen molar-refractivity contribution in [1.29, 1.82) is 0 Å². The van der Waals surface area contributed by atoms with Crippen LogP contribution in [0.1, 0.15) is 0 Å². The Morgan fingerprint density at radius 3 is 1.77 bits per heavy atom. The Labute approximate surface area is 80.3 Å². The molecule has 0 aromatic rings. The molecule has 76 valence electrons. The van der Waals surface area contributed by atoms with Gasteiger partial charge in [-0.3, -0.25) is 10.6 Å². The van der Waals surface area contributed by atoms with Gasteiger partial charge in [-0.25, -0.2) is 9.59 Å². The summed E-state index contributed by atoms with van der Waals surface area (Å²) in [6.07, 6.45) is 0.489. The molecule has 13 heavy (non-hydrogen) atoms. The van der Waals surface area contributed by atoms with E-state index < -0.39 is 17.7 Å². The molecule has 0 aromatic heterocycles. The molecule has 0 bridgehead atoms. The van der Waals surface area contributed by atoms with Gasteiger partial charge < -0.3 is 9.47 Å². The number of alkyl carbamates (subject to hydrolysis) is 2. The minimum atomic E-state index is -0.615. The number of rotatable bonds is 3. The zero-order valence-electron chi connectivity index (χ0n) is 7.62. The lowest BCUT2D eigenvalue weighted by Gasteiger charge is -2.15. The number of nitrogens with one attached hydrogen (secondary N) is 2. The van der Waals surface area contributed by atoms with Crippen molar-refractivity contribution >= 4 is 23.9 Å². The predicted molar refractivity (Wildman–Crippen MR) is 48.4 cm³/mol. The van der Waals surface area contributed by atoms with Gasteiger partial charge in [0, 0.05) is 0 Å². The van der Waals surface area contributed by atoms with Gasteiger partial charge in [0.15, 0.2) is 5.50 Å². The Balaban J connectivity index is 3.89. The van der Waals surface area contributed by atoms with Crippen LogP contribution in [0.2, 0.25) is 0 Å². The maximum atomic E-state index is 10.7. The molecule has 0 spiro atoms. The van der Waals surface area contributed by atoms with Crippen LogP contribution in [-0.2, 0) is 9.47 Å². The average molecular weight is 208 g/mol. The molecule has 0 aliphatic heterocycles. The van der Waals surface area contributed by atoms with E-state index in [4.69, 9.17) is 0 Å². The fraction of sp³-hybridized carbons (Fsp3) is 0.667. The van der Waals surface area contributed by atoms with Gasteiger partial charge in [-0.1, -0.05) is 0 Å². The van der Waals surface area contributed by atoms with Gasteiger partial charge in [-0.15, -0.1) is 11.8 Å².